The number of fused-ring (bicyclic) bond motifs is 1. The largest absolute Gasteiger partial charge is 0.451 e. The maximum absolute atomic E-state index is 13.2. The lowest BCUT2D eigenvalue weighted by atomic mass is 10.0. The van der Waals surface area contributed by atoms with E-state index in [-0.39, 0.29) is 23.2 Å². The molecule has 0 saturated carbocycles. The van der Waals surface area contributed by atoms with E-state index in [2.05, 4.69) is 20.2 Å². The Hall–Kier alpha value is -2.74. The van der Waals surface area contributed by atoms with Crippen LogP contribution in [-0.4, -0.2) is 34.0 Å². The molecule has 8 heteroatoms. The number of alkyl halides is 3. The smallest absolute Gasteiger partial charge is 0.367 e. The normalized spacial score (nSPS) is 16.3. The molecule has 0 spiro atoms. The summed E-state index contributed by atoms with van der Waals surface area (Å²) < 4.78 is 52.6. The van der Waals surface area contributed by atoms with Crippen molar-refractivity contribution in [3.05, 3.63) is 65.7 Å². The van der Waals surface area contributed by atoms with Gasteiger partial charge in [-0.25, -0.2) is 14.4 Å². The van der Waals surface area contributed by atoms with Gasteiger partial charge in [0.05, 0.1) is 5.52 Å². The lowest BCUT2D eigenvalue weighted by Crippen LogP contribution is -2.39. The summed E-state index contributed by atoms with van der Waals surface area (Å²) in [7, 11) is 0. The topological polar surface area (TPSA) is 41.0 Å². The van der Waals surface area contributed by atoms with Gasteiger partial charge in [-0.2, -0.15) is 13.2 Å². The van der Waals surface area contributed by atoms with E-state index in [1.54, 1.807) is 36.4 Å². The van der Waals surface area contributed by atoms with Crippen LogP contribution >= 0.6 is 0 Å². The highest BCUT2D eigenvalue weighted by Crippen LogP contribution is 2.31. The quantitative estimate of drug-likeness (QED) is 0.631. The van der Waals surface area contributed by atoms with E-state index < -0.39 is 12.0 Å². The van der Waals surface area contributed by atoms with E-state index in [9.17, 15) is 17.6 Å². The zero-order valence-electron chi connectivity index (χ0n) is 15.6. The molecule has 0 unspecified atom stereocenters. The molecule has 0 radical (unpaired) electrons. The third-order valence-corrected chi connectivity index (χ3v) is 5.10. The van der Waals surface area contributed by atoms with Crippen LogP contribution in [-0.2, 0) is 12.7 Å². The van der Waals surface area contributed by atoms with Crippen molar-refractivity contribution >= 4 is 16.7 Å². The molecule has 3 aromatic rings. The number of nitrogens with one attached hydrogen (secondary N) is 1. The molecule has 29 heavy (non-hydrogen) atoms. The molecule has 1 saturated heterocycles. The van der Waals surface area contributed by atoms with Crippen LogP contribution < -0.4 is 5.32 Å². The number of benzene rings is 2. The van der Waals surface area contributed by atoms with E-state index >= 15 is 0 Å². The third-order valence-electron chi connectivity index (χ3n) is 5.10. The monoisotopic (exact) mass is 404 g/mol. The van der Waals surface area contributed by atoms with Gasteiger partial charge >= 0.3 is 6.18 Å². The molecular formula is C21H20F4N4. The minimum atomic E-state index is -4.60. The van der Waals surface area contributed by atoms with Gasteiger partial charge in [0, 0.05) is 31.1 Å². The standard InChI is InChI=1S/C21H20F4N4/c22-15-7-5-14(6-8-15)13-29-11-9-16(10-12-29)26-19-17-3-1-2-4-18(17)27-20(28-19)21(23,24)25/h1-8,16H,9-13H2,(H,26,27,28). The SMILES string of the molecule is Fc1ccc(CN2CCC(Nc3nc(C(F)(F)F)nc4ccccc34)CC2)cc1. The number of nitrogens with zero attached hydrogens (tertiary/aromatic N) is 3. The van der Waals surface area contributed by atoms with Crippen molar-refractivity contribution in [1.82, 2.24) is 14.9 Å². The molecule has 0 atom stereocenters. The van der Waals surface area contributed by atoms with Crippen molar-refractivity contribution < 1.29 is 17.6 Å². The van der Waals surface area contributed by atoms with Crippen LogP contribution in [0.3, 0.4) is 0 Å². The molecule has 1 fully saturated rings. The highest BCUT2D eigenvalue weighted by molar-refractivity contribution is 5.89. The Morgan fingerprint density at radius 3 is 2.34 bits per heavy atom. The number of hydrogen-bond donors (Lipinski definition) is 1. The van der Waals surface area contributed by atoms with Gasteiger partial charge in [-0.15, -0.1) is 0 Å². The van der Waals surface area contributed by atoms with Crippen LogP contribution in [0.25, 0.3) is 10.9 Å². The molecule has 0 amide bonds. The maximum atomic E-state index is 13.2. The fourth-order valence-electron chi connectivity index (χ4n) is 3.59. The Balaban J connectivity index is 1.45. The Bertz CT molecular complexity index is 980. The van der Waals surface area contributed by atoms with Crippen LogP contribution in [0.2, 0.25) is 0 Å². The summed E-state index contributed by atoms with van der Waals surface area (Å²) in [6, 6.07) is 13.2. The van der Waals surface area contributed by atoms with Gasteiger partial charge in [0.1, 0.15) is 11.6 Å². The number of likely N-dealkylation sites (tertiary alicyclic amines) is 1. The molecule has 4 nitrogen and oxygen atoms in total. The second-order valence-electron chi connectivity index (χ2n) is 7.23. The van der Waals surface area contributed by atoms with Crippen LogP contribution in [0.15, 0.2) is 48.5 Å². The zero-order chi connectivity index (χ0) is 20.4. The summed E-state index contributed by atoms with van der Waals surface area (Å²) in [5, 5.41) is 3.78. The summed E-state index contributed by atoms with van der Waals surface area (Å²) in [5.41, 5.74) is 1.31. The molecule has 1 aliphatic rings. The molecule has 4 rings (SSSR count). The average molecular weight is 404 g/mol. The molecular weight excluding hydrogens is 384 g/mol. The second-order valence-corrected chi connectivity index (χ2v) is 7.23. The number of rotatable bonds is 4. The third kappa shape index (κ3) is 4.64. The Kier molecular flexibility index (Phi) is 5.36. The first-order valence-corrected chi connectivity index (χ1v) is 9.46. The Labute approximate surface area is 165 Å². The van der Waals surface area contributed by atoms with Crippen LogP contribution in [0.1, 0.15) is 24.2 Å². The van der Waals surface area contributed by atoms with Gasteiger partial charge in [-0.1, -0.05) is 24.3 Å². The van der Waals surface area contributed by atoms with Gasteiger partial charge in [0.15, 0.2) is 0 Å². The van der Waals surface area contributed by atoms with E-state index in [0.29, 0.717) is 5.39 Å². The fraction of sp³-hybridized carbons (Fsp3) is 0.333. The van der Waals surface area contributed by atoms with E-state index in [4.69, 9.17) is 0 Å². The van der Waals surface area contributed by atoms with Crippen LogP contribution in [0.4, 0.5) is 23.4 Å². The predicted molar refractivity (Wildman–Crippen MR) is 103 cm³/mol. The molecule has 1 aromatic heterocycles. The van der Waals surface area contributed by atoms with Crippen molar-refractivity contribution in [3.8, 4) is 0 Å². The van der Waals surface area contributed by atoms with Crippen molar-refractivity contribution in [1.29, 1.82) is 0 Å². The summed E-state index contributed by atoms with van der Waals surface area (Å²) in [5.74, 6) is -1.17. The molecule has 1 N–H and O–H groups in total. The highest BCUT2D eigenvalue weighted by atomic mass is 19.4. The molecule has 2 aromatic carbocycles. The van der Waals surface area contributed by atoms with Gasteiger partial charge in [-0.3, -0.25) is 4.90 Å². The summed E-state index contributed by atoms with van der Waals surface area (Å²) in [6.45, 7) is 2.32. The number of hydrogen-bond acceptors (Lipinski definition) is 4. The van der Waals surface area contributed by atoms with Gasteiger partial charge in [0.25, 0.3) is 0 Å². The first-order valence-electron chi connectivity index (χ1n) is 9.46. The lowest BCUT2D eigenvalue weighted by Gasteiger charge is -2.32. The zero-order valence-corrected chi connectivity index (χ0v) is 15.6. The van der Waals surface area contributed by atoms with E-state index in [0.717, 1.165) is 38.0 Å². The fourth-order valence-corrected chi connectivity index (χ4v) is 3.59. The minimum absolute atomic E-state index is 0.0267. The first-order chi connectivity index (χ1) is 13.9. The molecule has 2 heterocycles. The molecule has 152 valence electrons. The van der Waals surface area contributed by atoms with Gasteiger partial charge < -0.3 is 5.32 Å². The minimum Gasteiger partial charge on any atom is -0.367 e. The lowest BCUT2D eigenvalue weighted by molar-refractivity contribution is -0.144. The first kappa shape index (κ1) is 19.6. The second kappa shape index (κ2) is 7.94. The summed E-state index contributed by atoms with van der Waals surface area (Å²) in [4.78, 5) is 9.67. The predicted octanol–water partition coefficient (Wildman–Crippen LogP) is 4.86. The Morgan fingerprint density at radius 2 is 1.66 bits per heavy atom. The van der Waals surface area contributed by atoms with Crippen molar-refractivity contribution in [2.45, 2.75) is 31.6 Å². The summed E-state index contributed by atoms with van der Waals surface area (Å²) in [6.07, 6.45) is -3.04. The van der Waals surface area contributed by atoms with Gasteiger partial charge in [0.2, 0.25) is 5.82 Å². The Morgan fingerprint density at radius 1 is 0.966 bits per heavy atom. The van der Waals surface area contributed by atoms with Crippen LogP contribution in [0, 0.1) is 5.82 Å². The summed E-state index contributed by atoms with van der Waals surface area (Å²) >= 11 is 0. The number of anilines is 1. The van der Waals surface area contributed by atoms with Crippen molar-refractivity contribution in [2.24, 2.45) is 0 Å². The van der Waals surface area contributed by atoms with Crippen molar-refractivity contribution in [3.63, 3.8) is 0 Å². The molecule has 0 aliphatic carbocycles. The number of aromatic nitrogens is 2. The number of halogens is 4. The average Bonchev–Trinajstić information content (AvgIpc) is 2.70. The van der Waals surface area contributed by atoms with Crippen molar-refractivity contribution in [2.75, 3.05) is 18.4 Å². The highest BCUT2D eigenvalue weighted by Gasteiger charge is 2.35. The molecule has 1 aliphatic heterocycles. The van der Waals surface area contributed by atoms with E-state index in [1.807, 2.05) is 0 Å². The van der Waals surface area contributed by atoms with Gasteiger partial charge in [-0.05, 0) is 42.7 Å². The maximum Gasteiger partial charge on any atom is 0.451 e. The van der Waals surface area contributed by atoms with Crippen LogP contribution in [0.5, 0.6) is 0 Å². The van der Waals surface area contributed by atoms with E-state index in [1.165, 1.54) is 12.1 Å². The number of piperidine rings is 1. The molecule has 0 bridgehead atoms. The number of para-hydroxylation sites is 1.